The third kappa shape index (κ3) is 2.89. The third-order valence-corrected chi connectivity index (χ3v) is 4.68. The Morgan fingerprint density at radius 3 is 2.84 bits per heavy atom. The molecule has 4 rings (SSSR count). The van der Waals surface area contributed by atoms with Crippen molar-refractivity contribution in [2.45, 2.75) is 0 Å². The van der Waals surface area contributed by atoms with Gasteiger partial charge >= 0.3 is 0 Å². The van der Waals surface area contributed by atoms with E-state index >= 15 is 0 Å². The molecule has 0 fully saturated rings. The van der Waals surface area contributed by atoms with Crippen LogP contribution in [0.2, 0.25) is 0 Å². The molecular formula is C18H13FN4OS. The maximum Gasteiger partial charge on any atom is 0.275 e. The SMILES string of the molecule is Cn1cc(-c2nc(C(=O)Nc3ccc(F)cc3)cs2)c2cccnc21. The summed E-state index contributed by atoms with van der Waals surface area (Å²) in [5.74, 6) is -0.675. The maximum absolute atomic E-state index is 12.9. The first-order valence-corrected chi connectivity index (χ1v) is 8.42. The molecule has 1 aromatic carbocycles. The number of carbonyl (C=O) groups excluding carboxylic acids is 1. The van der Waals surface area contributed by atoms with Crippen LogP contribution < -0.4 is 5.32 Å². The van der Waals surface area contributed by atoms with Crippen molar-refractivity contribution in [1.29, 1.82) is 0 Å². The van der Waals surface area contributed by atoms with Crippen LogP contribution >= 0.6 is 11.3 Å². The molecule has 0 saturated carbocycles. The number of pyridine rings is 1. The second-order valence-electron chi connectivity index (χ2n) is 5.53. The number of hydrogen-bond donors (Lipinski definition) is 1. The molecule has 0 radical (unpaired) electrons. The van der Waals surface area contributed by atoms with Gasteiger partial charge in [-0.3, -0.25) is 4.79 Å². The molecule has 7 heteroatoms. The number of thiazole rings is 1. The topological polar surface area (TPSA) is 59.8 Å². The average Bonchev–Trinajstić information content (AvgIpc) is 3.23. The lowest BCUT2D eigenvalue weighted by Gasteiger charge is -2.02. The van der Waals surface area contributed by atoms with Gasteiger partial charge in [-0.1, -0.05) is 0 Å². The summed E-state index contributed by atoms with van der Waals surface area (Å²) in [6.07, 6.45) is 3.70. The van der Waals surface area contributed by atoms with Crippen LogP contribution in [0.25, 0.3) is 21.6 Å². The number of nitrogens with one attached hydrogen (secondary N) is 1. The summed E-state index contributed by atoms with van der Waals surface area (Å²) >= 11 is 1.40. The zero-order valence-corrected chi connectivity index (χ0v) is 14.0. The van der Waals surface area contributed by atoms with Gasteiger partial charge in [-0.25, -0.2) is 14.4 Å². The number of carbonyl (C=O) groups is 1. The van der Waals surface area contributed by atoms with Gasteiger partial charge in [0.25, 0.3) is 5.91 Å². The summed E-state index contributed by atoms with van der Waals surface area (Å²) in [7, 11) is 1.93. The van der Waals surface area contributed by atoms with Gasteiger partial charge in [0, 0.05) is 41.5 Å². The summed E-state index contributed by atoms with van der Waals surface area (Å²) < 4.78 is 14.9. The Morgan fingerprint density at radius 2 is 2.04 bits per heavy atom. The van der Waals surface area contributed by atoms with E-state index in [2.05, 4.69) is 15.3 Å². The number of amides is 1. The average molecular weight is 352 g/mol. The van der Waals surface area contributed by atoms with Crippen LogP contribution in [0.1, 0.15) is 10.5 Å². The molecule has 0 aliphatic carbocycles. The van der Waals surface area contributed by atoms with Crippen LogP contribution in [-0.2, 0) is 7.05 Å². The van der Waals surface area contributed by atoms with Crippen molar-refractivity contribution in [3.05, 3.63) is 65.7 Å². The number of hydrogen-bond acceptors (Lipinski definition) is 4. The summed E-state index contributed by atoms with van der Waals surface area (Å²) in [6.45, 7) is 0. The highest BCUT2D eigenvalue weighted by molar-refractivity contribution is 7.13. The Balaban J connectivity index is 1.63. The fourth-order valence-electron chi connectivity index (χ4n) is 2.61. The molecule has 0 saturated heterocycles. The van der Waals surface area contributed by atoms with Gasteiger partial charge in [0.15, 0.2) is 0 Å². The number of anilines is 1. The molecule has 0 bridgehead atoms. The van der Waals surface area contributed by atoms with E-state index in [-0.39, 0.29) is 11.7 Å². The lowest BCUT2D eigenvalue weighted by Crippen LogP contribution is -2.12. The van der Waals surface area contributed by atoms with Crippen LogP contribution in [0.4, 0.5) is 10.1 Å². The maximum atomic E-state index is 12.9. The minimum absolute atomic E-state index is 0.324. The van der Waals surface area contributed by atoms with Crippen molar-refractivity contribution in [1.82, 2.24) is 14.5 Å². The zero-order valence-electron chi connectivity index (χ0n) is 13.2. The number of aromatic nitrogens is 3. The molecule has 0 unspecified atom stereocenters. The second kappa shape index (κ2) is 6.10. The molecule has 1 amide bonds. The quantitative estimate of drug-likeness (QED) is 0.604. The highest BCUT2D eigenvalue weighted by atomic mass is 32.1. The van der Waals surface area contributed by atoms with Crippen LogP contribution in [0.3, 0.4) is 0 Å². The van der Waals surface area contributed by atoms with E-state index < -0.39 is 0 Å². The van der Waals surface area contributed by atoms with E-state index in [1.807, 2.05) is 29.9 Å². The monoisotopic (exact) mass is 352 g/mol. The molecule has 4 aromatic rings. The van der Waals surface area contributed by atoms with E-state index in [1.54, 1.807) is 11.6 Å². The summed E-state index contributed by atoms with van der Waals surface area (Å²) in [5.41, 5.74) is 2.65. The number of nitrogens with zero attached hydrogens (tertiary/aromatic N) is 3. The lowest BCUT2D eigenvalue weighted by atomic mass is 10.2. The minimum Gasteiger partial charge on any atom is -0.335 e. The largest absolute Gasteiger partial charge is 0.335 e. The van der Waals surface area contributed by atoms with Gasteiger partial charge in [-0.05, 0) is 36.4 Å². The smallest absolute Gasteiger partial charge is 0.275 e. The Labute approximate surface area is 146 Å². The Morgan fingerprint density at radius 1 is 1.24 bits per heavy atom. The van der Waals surface area contributed by atoms with Crippen molar-refractivity contribution >= 4 is 34.0 Å². The molecule has 0 aliphatic rings. The van der Waals surface area contributed by atoms with Crippen molar-refractivity contribution in [2.75, 3.05) is 5.32 Å². The molecule has 0 spiro atoms. The number of aryl methyl sites for hydroxylation is 1. The van der Waals surface area contributed by atoms with Crippen LogP contribution in [-0.4, -0.2) is 20.4 Å². The third-order valence-electron chi connectivity index (χ3n) is 3.80. The zero-order chi connectivity index (χ0) is 17.4. The van der Waals surface area contributed by atoms with Crippen LogP contribution in [0, 0.1) is 5.82 Å². The van der Waals surface area contributed by atoms with E-state index in [1.165, 1.54) is 35.6 Å². The van der Waals surface area contributed by atoms with E-state index in [0.717, 1.165) is 21.6 Å². The van der Waals surface area contributed by atoms with Gasteiger partial charge in [0.1, 0.15) is 22.2 Å². The highest BCUT2D eigenvalue weighted by Gasteiger charge is 2.16. The van der Waals surface area contributed by atoms with Gasteiger partial charge in [0.2, 0.25) is 0 Å². The van der Waals surface area contributed by atoms with Crippen LogP contribution in [0.15, 0.2) is 54.2 Å². The van der Waals surface area contributed by atoms with Gasteiger partial charge in [-0.15, -0.1) is 11.3 Å². The molecule has 124 valence electrons. The molecular weight excluding hydrogens is 339 g/mol. The number of fused-ring (bicyclic) bond motifs is 1. The standard InChI is InChI=1S/C18H13FN4OS/c1-23-9-14(13-3-2-8-20-16(13)23)18-22-15(10-25-18)17(24)21-12-6-4-11(19)5-7-12/h2-10H,1H3,(H,21,24). The normalized spacial score (nSPS) is 11.0. The van der Waals surface area contributed by atoms with Gasteiger partial charge < -0.3 is 9.88 Å². The Bertz CT molecular complexity index is 1070. The predicted molar refractivity (Wildman–Crippen MR) is 96.2 cm³/mol. The number of halogens is 1. The fraction of sp³-hybridized carbons (Fsp3) is 0.0556. The molecule has 0 atom stereocenters. The fourth-order valence-corrected chi connectivity index (χ4v) is 3.44. The molecule has 0 aliphatic heterocycles. The summed E-state index contributed by atoms with van der Waals surface area (Å²) in [6, 6.07) is 9.48. The first-order chi connectivity index (χ1) is 12.1. The predicted octanol–water partition coefficient (Wildman–Crippen LogP) is 4.09. The van der Waals surface area contributed by atoms with Crippen LogP contribution in [0.5, 0.6) is 0 Å². The number of rotatable bonds is 3. The minimum atomic E-state index is -0.349. The first kappa shape index (κ1) is 15.5. The van der Waals surface area contributed by atoms with Crippen molar-refractivity contribution in [3.8, 4) is 10.6 Å². The molecule has 25 heavy (non-hydrogen) atoms. The highest BCUT2D eigenvalue weighted by Crippen LogP contribution is 2.31. The Hall–Kier alpha value is -3.06. The van der Waals surface area contributed by atoms with E-state index in [9.17, 15) is 9.18 Å². The molecule has 3 heterocycles. The van der Waals surface area contributed by atoms with Crippen molar-refractivity contribution in [3.63, 3.8) is 0 Å². The van der Waals surface area contributed by atoms with Gasteiger partial charge in [-0.2, -0.15) is 0 Å². The van der Waals surface area contributed by atoms with Gasteiger partial charge in [0.05, 0.1) is 0 Å². The van der Waals surface area contributed by atoms with Crippen molar-refractivity contribution in [2.24, 2.45) is 7.05 Å². The first-order valence-electron chi connectivity index (χ1n) is 7.55. The van der Waals surface area contributed by atoms with E-state index in [4.69, 9.17) is 0 Å². The molecule has 3 aromatic heterocycles. The number of benzene rings is 1. The lowest BCUT2D eigenvalue weighted by molar-refractivity contribution is 0.102. The van der Waals surface area contributed by atoms with E-state index in [0.29, 0.717) is 11.4 Å². The molecule has 1 N–H and O–H groups in total. The Kier molecular flexibility index (Phi) is 3.77. The summed E-state index contributed by atoms with van der Waals surface area (Å²) in [4.78, 5) is 21.1. The van der Waals surface area contributed by atoms with Crippen molar-refractivity contribution < 1.29 is 9.18 Å². The second-order valence-corrected chi connectivity index (χ2v) is 6.39. The molecule has 5 nitrogen and oxygen atoms in total. The summed E-state index contributed by atoms with van der Waals surface area (Å²) in [5, 5.41) is 6.17.